The van der Waals surface area contributed by atoms with Gasteiger partial charge in [-0.2, -0.15) is 0 Å². The second-order valence-corrected chi connectivity index (χ2v) is 5.52. The van der Waals surface area contributed by atoms with Crippen molar-refractivity contribution >= 4 is 17.4 Å². The van der Waals surface area contributed by atoms with Gasteiger partial charge < -0.3 is 15.4 Å². The van der Waals surface area contributed by atoms with Gasteiger partial charge in [-0.15, -0.1) is 0 Å². The van der Waals surface area contributed by atoms with Crippen molar-refractivity contribution in [2.45, 2.75) is 25.9 Å². The smallest absolute Gasteiger partial charge is 0.274 e. The first-order valence-corrected chi connectivity index (χ1v) is 7.78. The van der Waals surface area contributed by atoms with Crippen molar-refractivity contribution in [3.63, 3.8) is 0 Å². The minimum Gasteiger partial charge on any atom is -0.376 e. The zero-order chi connectivity index (χ0) is 16.1. The van der Waals surface area contributed by atoms with Crippen LogP contribution in [0.3, 0.4) is 0 Å². The number of ether oxygens (including phenoxy) is 1. The molecule has 2 N–H and O–H groups in total. The molecule has 1 unspecified atom stereocenters. The maximum atomic E-state index is 12.3. The van der Waals surface area contributed by atoms with Gasteiger partial charge in [-0.1, -0.05) is 18.2 Å². The molecule has 1 fully saturated rings. The predicted octanol–water partition coefficient (Wildman–Crippen LogP) is 2.63. The topological polar surface area (TPSA) is 76.1 Å². The molecule has 2 aromatic rings. The van der Waals surface area contributed by atoms with Crippen molar-refractivity contribution < 1.29 is 9.53 Å². The summed E-state index contributed by atoms with van der Waals surface area (Å²) in [7, 11) is 0. The highest BCUT2D eigenvalue weighted by Crippen LogP contribution is 2.14. The Morgan fingerprint density at radius 3 is 2.87 bits per heavy atom. The maximum Gasteiger partial charge on any atom is 0.274 e. The monoisotopic (exact) mass is 312 g/mol. The van der Waals surface area contributed by atoms with E-state index in [-0.39, 0.29) is 12.0 Å². The second kappa shape index (κ2) is 7.19. The number of para-hydroxylation sites is 1. The van der Waals surface area contributed by atoms with Crippen LogP contribution in [0.5, 0.6) is 0 Å². The number of nitrogens with one attached hydrogen (secondary N) is 2. The molecule has 0 aliphatic carbocycles. The fourth-order valence-corrected chi connectivity index (χ4v) is 2.51. The Morgan fingerprint density at radius 2 is 2.13 bits per heavy atom. The minimum absolute atomic E-state index is 0.215. The second-order valence-electron chi connectivity index (χ2n) is 5.52. The molecule has 1 aromatic carbocycles. The number of nitrogens with zero attached hydrogens (tertiary/aromatic N) is 2. The van der Waals surface area contributed by atoms with Crippen molar-refractivity contribution in [1.82, 2.24) is 9.97 Å². The Balaban J connectivity index is 1.67. The average Bonchev–Trinajstić information content (AvgIpc) is 3.07. The van der Waals surface area contributed by atoms with E-state index in [1.54, 1.807) is 13.0 Å². The first-order chi connectivity index (χ1) is 11.2. The van der Waals surface area contributed by atoms with Crippen molar-refractivity contribution in [3.05, 3.63) is 47.9 Å². The van der Waals surface area contributed by atoms with Gasteiger partial charge in [-0.05, 0) is 31.9 Å². The van der Waals surface area contributed by atoms with Crippen LogP contribution in [0.25, 0.3) is 0 Å². The standard InChI is InChI=1S/C17H20N4O2/c1-12-19-15(17(22)21-13-6-3-2-4-7-13)10-16(20-12)18-11-14-8-5-9-23-14/h2-4,6-7,10,14H,5,8-9,11H2,1H3,(H,21,22)(H,18,19,20). The van der Waals surface area contributed by atoms with Crippen LogP contribution in [-0.4, -0.2) is 35.1 Å². The fraction of sp³-hybridized carbons (Fsp3) is 0.353. The largest absolute Gasteiger partial charge is 0.376 e. The zero-order valence-electron chi connectivity index (χ0n) is 13.1. The molecule has 3 rings (SSSR count). The van der Waals surface area contributed by atoms with Gasteiger partial charge in [0.2, 0.25) is 0 Å². The van der Waals surface area contributed by atoms with E-state index in [4.69, 9.17) is 4.74 Å². The van der Waals surface area contributed by atoms with Crippen LogP contribution in [0.2, 0.25) is 0 Å². The molecule has 0 bridgehead atoms. The summed E-state index contributed by atoms with van der Waals surface area (Å²) >= 11 is 0. The van der Waals surface area contributed by atoms with E-state index in [9.17, 15) is 4.79 Å². The summed E-state index contributed by atoms with van der Waals surface area (Å²) < 4.78 is 5.58. The Bertz CT molecular complexity index is 670. The van der Waals surface area contributed by atoms with Gasteiger partial charge in [0.1, 0.15) is 17.3 Å². The molecule has 2 heterocycles. The quantitative estimate of drug-likeness (QED) is 0.887. The van der Waals surface area contributed by atoms with Gasteiger partial charge in [-0.3, -0.25) is 4.79 Å². The predicted molar refractivity (Wildman–Crippen MR) is 88.6 cm³/mol. The number of rotatable bonds is 5. The number of amides is 1. The number of hydrogen-bond acceptors (Lipinski definition) is 5. The molecular formula is C17H20N4O2. The molecule has 1 saturated heterocycles. The molecule has 1 atom stereocenters. The summed E-state index contributed by atoms with van der Waals surface area (Å²) in [5, 5.41) is 6.06. The molecule has 1 aliphatic rings. The molecule has 120 valence electrons. The Morgan fingerprint density at radius 1 is 1.30 bits per heavy atom. The summed E-state index contributed by atoms with van der Waals surface area (Å²) in [5.74, 6) is 0.952. The first kappa shape index (κ1) is 15.4. The maximum absolute atomic E-state index is 12.3. The van der Waals surface area contributed by atoms with Gasteiger partial charge in [0.05, 0.1) is 6.10 Å². The van der Waals surface area contributed by atoms with E-state index in [0.717, 1.165) is 25.1 Å². The molecule has 0 spiro atoms. The number of carbonyl (C=O) groups is 1. The molecule has 1 aromatic heterocycles. The van der Waals surface area contributed by atoms with Gasteiger partial charge in [0, 0.05) is 24.9 Å². The minimum atomic E-state index is -0.248. The molecule has 6 heteroatoms. The Hall–Kier alpha value is -2.47. The van der Waals surface area contributed by atoms with E-state index in [0.29, 0.717) is 23.9 Å². The third-order valence-electron chi connectivity index (χ3n) is 3.64. The number of benzene rings is 1. The lowest BCUT2D eigenvalue weighted by Gasteiger charge is -2.12. The summed E-state index contributed by atoms with van der Waals surface area (Å²) in [6, 6.07) is 11.0. The highest BCUT2D eigenvalue weighted by Gasteiger charge is 2.16. The highest BCUT2D eigenvalue weighted by molar-refractivity contribution is 6.03. The molecule has 0 saturated carbocycles. The highest BCUT2D eigenvalue weighted by atomic mass is 16.5. The van der Waals surface area contributed by atoms with E-state index in [1.165, 1.54) is 0 Å². The van der Waals surface area contributed by atoms with Crippen molar-refractivity contribution in [2.24, 2.45) is 0 Å². The molecule has 23 heavy (non-hydrogen) atoms. The van der Waals surface area contributed by atoms with Crippen molar-refractivity contribution in [1.29, 1.82) is 0 Å². The summed E-state index contributed by atoms with van der Waals surface area (Å²) in [5.41, 5.74) is 1.08. The van der Waals surface area contributed by atoms with Crippen LogP contribution in [0.1, 0.15) is 29.2 Å². The van der Waals surface area contributed by atoms with Gasteiger partial charge in [-0.25, -0.2) is 9.97 Å². The van der Waals surface area contributed by atoms with Crippen LogP contribution in [0.15, 0.2) is 36.4 Å². The van der Waals surface area contributed by atoms with Crippen molar-refractivity contribution in [3.8, 4) is 0 Å². The van der Waals surface area contributed by atoms with Crippen LogP contribution >= 0.6 is 0 Å². The lowest BCUT2D eigenvalue weighted by molar-refractivity contribution is 0.102. The van der Waals surface area contributed by atoms with Crippen LogP contribution in [0, 0.1) is 6.92 Å². The van der Waals surface area contributed by atoms with Crippen LogP contribution in [0.4, 0.5) is 11.5 Å². The van der Waals surface area contributed by atoms with Crippen LogP contribution in [-0.2, 0) is 4.74 Å². The SMILES string of the molecule is Cc1nc(NCC2CCCO2)cc(C(=O)Nc2ccccc2)n1. The van der Waals surface area contributed by atoms with Gasteiger partial charge in [0.25, 0.3) is 5.91 Å². The number of anilines is 2. The van der Waals surface area contributed by atoms with Crippen molar-refractivity contribution in [2.75, 3.05) is 23.8 Å². The fourth-order valence-electron chi connectivity index (χ4n) is 2.51. The van der Waals surface area contributed by atoms with E-state index in [2.05, 4.69) is 20.6 Å². The first-order valence-electron chi connectivity index (χ1n) is 7.78. The average molecular weight is 312 g/mol. The number of carbonyl (C=O) groups excluding carboxylic acids is 1. The van der Waals surface area contributed by atoms with Gasteiger partial charge >= 0.3 is 0 Å². The molecular weight excluding hydrogens is 292 g/mol. The third kappa shape index (κ3) is 4.26. The Labute approximate surface area is 135 Å². The third-order valence-corrected chi connectivity index (χ3v) is 3.64. The Kier molecular flexibility index (Phi) is 4.83. The number of hydrogen-bond donors (Lipinski definition) is 2. The number of aryl methyl sites for hydroxylation is 1. The molecule has 1 aliphatic heterocycles. The van der Waals surface area contributed by atoms with E-state index in [1.807, 2.05) is 30.3 Å². The summed E-state index contributed by atoms with van der Waals surface area (Å²) in [6.45, 7) is 3.28. The molecule has 6 nitrogen and oxygen atoms in total. The summed E-state index contributed by atoms with van der Waals surface area (Å²) in [6.07, 6.45) is 2.37. The zero-order valence-corrected chi connectivity index (χ0v) is 13.1. The normalized spacial score (nSPS) is 17.0. The summed E-state index contributed by atoms with van der Waals surface area (Å²) in [4.78, 5) is 20.9. The molecule has 0 radical (unpaired) electrons. The number of aromatic nitrogens is 2. The van der Waals surface area contributed by atoms with Gasteiger partial charge in [0.15, 0.2) is 0 Å². The van der Waals surface area contributed by atoms with Crippen LogP contribution < -0.4 is 10.6 Å². The van der Waals surface area contributed by atoms with E-state index >= 15 is 0 Å². The van der Waals surface area contributed by atoms with E-state index < -0.39 is 0 Å². The lowest BCUT2D eigenvalue weighted by Crippen LogP contribution is -2.20. The molecule has 1 amide bonds. The lowest BCUT2D eigenvalue weighted by atomic mass is 10.2.